The summed E-state index contributed by atoms with van der Waals surface area (Å²) in [6.45, 7) is 0. The molecule has 1 amide bonds. The largest absolute Gasteiger partial charge is 0.443 e. The van der Waals surface area contributed by atoms with Crippen molar-refractivity contribution >= 4 is 34.3 Å². The van der Waals surface area contributed by atoms with E-state index >= 15 is 0 Å². The quantitative estimate of drug-likeness (QED) is 0.353. The van der Waals surface area contributed by atoms with Crippen molar-refractivity contribution in [3.63, 3.8) is 0 Å². The van der Waals surface area contributed by atoms with Crippen molar-refractivity contribution in [2.45, 2.75) is 5.16 Å². The number of rotatable bonds is 6. The molecule has 160 valence electrons. The second kappa shape index (κ2) is 9.02. The van der Waals surface area contributed by atoms with Crippen LogP contribution in [0.3, 0.4) is 0 Å². The van der Waals surface area contributed by atoms with Gasteiger partial charge in [-0.2, -0.15) is 5.26 Å². The first-order valence-corrected chi connectivity index (χ1v) is 11.1. The van der Waals surface area contributed by atoms with Crippen molar-refractivity contribution in [3.8, 4) is 23.1 Å². The first-order chi connectivity index (χ1) is 16.2. The third kappa shape index (κ3) is 4.10. The number of amides is 1. The molecule has 0 atom stereocenters. The van der Waals surface area contributed by atoms with Gasteiger partial charge in [0.25, 0.3) is 0 Å². The standard InChI is InChI=1S/C25H17N5O2S/c26-15-21-23(19-13-7-8-14-20(19)32-21)27-22(31)16-33-25-29-28-24(17-9-3-1-4-10-17)30(25)18-11-5-2-6-12-18/h1-14H,16H2,(H,27,31). The lowest BCUT2D eigenvalue weighted by Crippen LogP contribution is -2.15. The zero-order valence-electron chi connectivity index (χ0n) is 17.3. The fourth-order valence-electron chi connectivity index (χ4n) is 3.50. The SMILES string of the molecule is N#Cc1oc2ccccc2c1NC(=O)CSc1nnc(-c2ccccc2)n1-c1ccccc1. The van der Waals surface area contributed by atoms with Crippen LogP contribution in [0.5, 0.6) is 0 Å². The summed E-state index contributed by atoms with van der Waals surface area (Å²) in [5, 5.41) is 22.2. The first kappa shape index (κ1) is 20.5. The highest BCUT2D eigenvalue weighted by Crippen LogP contribution is 2.31. The van der Waals surface area contributed by atoms with Crippen molar-refractivity contribution in [3.05, 3.63) is 90.7 Å². The third-order valence-electron chi connectivity index (χ3n) is 4.97. The summed E-state index contributed by atoms with van der Waals surface area (Å²) in [4.78, 5) is 12.8. The molecule has 5 rings (SSSR count). The van der Waals surface area contributed by atoms with E-state index in [1.54, 1.807) is 12.1 Å². The molecule has 1 N–H and O–H groups in total. The molecule has 0 aliphatic heterocycles. The number of hydrogen-bond acceptors (Lipinski definition) is 6. The Morgan fingerprint density at radius 2 is 1.67 bits per heavy atom. The molecule has 0 aliphatic carbocycles. The van der Waals surface area contributed by atoms with Crippen molar-refractivity contribution < 1.29 is 9.21 Å². The van der Waals surface area contributed by atoms with Gasteiger partial charge in [-0.3, -0.25) is 9.36 Å². The molecule has 8 heteroatoms. The molecule has 3 aromatic carbocycles. The van der Waals surface area contributed by atoms with Gasteiger partial charge >= 0.3 is 0 Å². The van der Waals surface area contributed by atoms with Gasteiger partial charge in [0.2, 0.25) is 11.7 Å². The highest BCUT2D eigenvalue weighted by Gasteiger charge is 2.19. The molecular formula is C25H17N5O2S. The van der Waals surface area contributed by atoms with Gasteiger partial charge < -0.3 is 9.73 Å². The Hall–Kier alpha value is -4.35. The Kier molecular flexibility index (Phi) is 5.62. The van der Waals surface area contributed by atoms with Crippen LogP contribution in [0, 0.1) is 11.3 Å². The molecule has 0 spiro atoms. The Morgan fingerprint density at radius 3 is 2.42 bits per heavy atom. The monoisotopic (exact) mass is 451 g/mol. The predicted molar refractivity (Wildman–Crippen MR) is 127 cm³/mol. The van der Waals surface area contributed by atoms with Crippen LogP contribution in [0.2, 0.25) is 0 Å². The first-order valence-electron chi connectivity index (χ1n) is 10.1. The van der Waals surface area contributed by atoms with Gasteiger partial charge in [0.05, 0.1) is 5.75 Å². The zero-order valence-corrected chi connectivity index (χ0v) is 18.1. The number of aromatic nitrogens is 3. The van der Waals surface area contributed by atoms with E-state index in [2.05, 4.69) is 15.5 Å². The van der Waals surface area contributed by atoms with Gasteiger partial charge in [-0.1, -0.05) is 72.4 Å². The third-order valence-corrected chi connectivity index (χ3v) is 5.90. The van der Waals surface area contributed by atoms with Gasteiger partial charge in [-0.15, -0.1) is 10.2 Å². The second-order valence-electron chi connectivity index (χ2n) is 7.09. The Bertz CT molecular complexity index is 1470. The average molecular weight is 452 g/mol. The normalized spacial score (nSPS) is 10.8. The molecule has 5 aromatic rings. The van der Waals surface area contributed by atoms with Crippen LogP contribution in [-0.2, 0) is 4.79 Å². The molecule has 2 aromatic heterocycles. The van der Waals surface area contributed by atoms with Crippen molar-refractivity contribution in [2.75, 3.05) is 11.1 Å². The summed E-state index contributed by atoms with van der Waals surface area (Å²) in [6.07, 6.45) is 0. The summed E-state index contributed by atoms with van der Waals surface area (Å²) in [5.41, 5.74) is 2.76. The lowest BCUT2D eigenvalue weighted by Gasteiger charge is -2.10. The molecule has 7 nitrogen and oxygen atoms in total. The van der Waals surface area contributed by atoms with Crippen LogP contribution in [0.4, 0.5) is 5.69 Å². The number of nitrogens with one attached hydrogen (secondary N) is 1. The molecule has 0 fully saturated rings. The van der Waals surface area contributed by atoms with Gasteiger partial charge in [0, 0.05) is 16.6 Å². The van der Waals surface area contributed by atoms with Crippen molar-refractivity contribution in [2.24, 2.45) is 0 Å². The summed E-state index contributed by atoms with van der Waals surface area (Å²) in [6, 6.07) is 28.8. The molecule has 0 saturated carbocycles. The number of hydrogen-bond donors (Lipinski definition) is 1. The Balaban J connectivity index is 1.41. The zero-order chi connectivity index (χ0) is 22.6. The van der Waals surface area contributed by atoms with Crippen LogP contribution in [0.15, 0.2) is 94.5 Å². The predicted octanol–water partition coefficient (Wildman–Crippen LogP) is 5.28. The maximum atomic E-state index is 12.8. The number of furan rings is 1. The summed E-state index contributed by atoms with van der Waals surface area (Å²) >= 11 is 1.27. The topological polar surface area (TPSA) is 96.7 Å². The van der Waals surface area contributed by atoms with Gasteiger partial charge in [0.1, 0.15) is 17.3 Å². The lowest BCUT2D eigenvalue weighted by atomic mass is 10.2. The minimum absolute atomic E-state index is 0.0772. The molecule has 0 radical (unpaired) electrons. The van der Waals surface area contributed by atoms with E-state index in [1.807, 2.05) is 83.4 Å². The summed E-state index contributed by atoms with van der Waals surface area (Å²) in [5.74, 6) is 0.585. The molecular weight excluding hydrogens is 434 g/mol. The number of carbonyl (C=O) groups is 1. The van der Waals surface area contributed by atoms with E-state index in [0.717, 1.165) is 11.3 Å². The molecule has 0 saturated heterocycles. The number of para-hydroxylation sites is 2. The number of anilines is 1. The number of fused-ring (bicyclic) bond motifs is 1. The molecule has 33 heavy (non-hydrogen) atoms. The highest BCUT2D eigenvalue weighted by molar-refractivity contribution is 7.99. The number of carbonyl (C=O) groups excluding carboxylic acids is 1. The molecule has 0 aliphatic rings. The molecule has 2 heterocycles. The van der Waals surface area contributed by atoms with E-state index in [9.17, 15) is 10.1 Å². The van der Waals surface area contributed by atoms with Crippen LogP contribution in [0.25, 0.3) is 28.0 Å². The van der Waals surface area contributed by atoms with Gasteiger partial charge in [0.15, 0.2) is 11.0 Å². The summed E-state index contributed by atoms with van der Waals surface area (Å²) in [7, 11) is 0. The van der Waals surface area contributed by atoms with E-state index in [4.69, 9.17) is 4.42 Å². The fraction of sp³-hybridized carbons (Fsp3) is 0.0400. The number of thioether (sulfide) groups is 1. The lowest BCUT2D eigenvalue weighted by molar-refractivity contribution is -0.113. The number of nitriles is 1. The fourth-order valence-corrected chi connectivity index (χ4v) is 4.25. The average Bonchev–Trinajstić information content (AvgIpc) is 3.45. The van der Waals surface area contributed by atoms with Crippen LogP contribution >= 0.6 is 11.8 Å². The van der Waals surface area contributed by atoms with Gasteiger partial charge in [-0.05, 0) is 24.3 Å². The van der Waals surface area contributed by atoms with Crippen LogP contribution < -0.4 is 5.32 Å². The van der Waals surface area contributed by atoms with Crippen molar-refractivity contribution in [1.82, 2.24) is 14.8 Å². The summed E-state index contributed by atoms with van der Waals surface area (Å²) < 4.78 is 7.46. The maximum absolute atomic E-state index is 12.8. The van der Waals surface area contributed by atoms with Gasteiger partial charge in [-0.25, -0.2) is 0 Å². The van der Waals surface area contributed by atoms with Crippen LogP contribution in [0.1, 0.15) is 5.76 Å². The second-order valence-corrected chi connectivity index (χ2v) is 8.04. The Morgan fingerprint density at radius 1 is 0.970 bits per heavy atom. The van der Waals surface area contributed by atoms with E-state index in [0.29, 0.717) is 27.6 Å². The van der Waals surface area contributed by atoms with Crippen molar-refractivity contribution in [1.29, 1.82) is 5.26 Å². The van der Waals surface area contributed by atoms with E-state index in [-0.39, 0.29) is 17.4 Å². The smallest absolute Gasteiger partial charge is 0.234 e. The highest BCUT2D eigenvalue weighted by atomic mass is 32.2. The van der Waals surface area contributed by atoms with Crippen LogP contribution in [-0.4, -0.2) is 26.4 Å². The number of benzene rings is 3. The molecule has 0 bridgehead atoms. The van der Waals surface area contributed by atoms with E-state index in [1.165, 1.54) is 11.8 Å². The Labute approximate surface area is 193 Å². The minimum atomic E-state index is -0.271. The minimum Gasteiger partial charge on any atom is -0.443 e. The molecule has 0 unspecified atom stereocenters. The van der Waals surface area contributed by atoms with E-state index < -0.39 is 0 Å². The maximum Gasteiger partial charge on any atom is 0.234 e. The number of nitrogens with zero attached hydrogens (tertiary/aromatic N) is 4.